The molecular formula is C16H16N4O2. The highest BCUT2D eigenvalue weighted by Crippen LogP contribution is 2.25. The summed E-state index contributed by atoms with van der Waals surface area (Å²) in [5, 5.41) is 3.86. The lowest BCUT2D eigenvalue weighted by atomic mass is 10.2. The van der Waals surface area contributed by atoms with E-state index in [9.17, 15) is 4.79 Å². The van der Waals surface area contributed by atoms with Crippen LogP contribution < -0.4 is 5.32 Å². The minimum absolute atomic E-state index is 0.0566. The van der Waals surface area contributed by atoms with Crippen molar-refractivity contribution in [1.82, 2.24) is 15.0 Å². The molecule has 0 aliphatic rings. The third-order valence-corrected chi connectivity index (χ3v) is 3.28. The Morgan fingerprint density at radius 1 is 1.27 bits per heavy atom. The molecule has 0 amide bonds. The molecule has 2 heterocycles. The Morgan fingerprint density at radius 2 is 2.05 bits per heavy atom. The van der Waals surface area contributed by atoms with Crippen molar-refractivity contribution < 1.29 is 9.53 Å². The third-order valence-electron chi connectivity index (χ3n) is 3.28. The molecule has 6 nitrogen and oxygen atoms in total. The third kappa shape index (κ3) is 2.76. The highest BCUT2D eigenvalue weighted by molar-refractivity contribution is 5.90. The van der Waals surface area contributed by atoms with Crippen molar-refractivity contribution in [2.45, 2.75) is 6.92 Å². The monoisotopic (exact) mass is 296 g/mol. The van der Waals surface area contributed by atoms with Crippen LogP contribution in [0.4, 0.5) is 5.82 Å². The van der Waals surface area contributed by atoms with Gasteiger partial charge in [-0.2, -0.15) is 0 Å². The first-order valence-electron chi connectivity index (χ1n) is 6.91. The molecule has 0 saturated heterocycles. The Morgan fingerprint density at radius 3 is 2.77 bits per heavy atom. The van der Waals surface area contributed by atoms with Crippen LogP contribution in [0.5, 0.6) is 0 Å². The molecule has 0 saturated carbocycles. The molecule has 0 atom stereocenters. The van der Waals surface area contributed by atoms with Crippen LogP contribution in [0.2, 0.25) is 0 Å². The Balaban J connectivity index is 2.06. The normalized spacial score (nSPS) is 10.6. The van der Waals surface area contributed by atoms with Crippen LogP contribution in [0.1, 0.15) is 5.69 Å². The van der Waals surface area contributed by atoms with Crippen molar-refractivity contribution in [2.75, 3.05) is 19.0 Å². The Bertz CT molecular complexity index is 812. The number of esters is 1. The van der Waals surface area contributed by atoms with E-state index in [2.05, 4.69) is 25.0 Å². The van der Waals surface area contributed by atoms with Gasteiger partial charge in [-0.05, 0) is 13.0 Å². The van der Waals surface area contributed by atoms with Crippen molar-refractivity contribution >= 4 is 22.8 Å². The fraction of sp³-hybridized carbons (Fsp3) is 0.188. The number of anilines is 1. The molecule has 3 aromatic rings. The molecule has 0 unspecified atom stereocenters. The molecular weight excluding hydrogens is 280 g/mol. The summed E-state index contributed by atoms with van der Waals surface area (Å²) in [7, 11) is 1.36. The predicted molar refractivity (Wildman–Crippen MR) is 84.6 cm³/mol. The summed E-state index contributed by atoms with van der Waals surface area (Å²) in [5.41, 5.74) is 2.63. The first-order valence-corrected chi connectivity index (χ1v) is 6.91. The molecule has 0 aliphatic carbocycles. The van der Waals surface area contributed by atoms with Crippen molar-refractivity contribution in [3.63, 3.8) is 0 Å². The zero-order valence-corrected chi connectivity index (χ0v) is 12.4. The maximum Gasteiger partial charge on any atom is 0.325 e. The molecule has 6 heteroatoms. The number of fused-ring (bicyclic) bond motifs is 1. The summed E-state index contributed by atoms with van der Waals surface area (Å²) >= 11 is 0. The first-order chi connectivity index (χ1) is 10.7. The number of carbonyl (C=O) groups is 1. The molecule has 22 heavy (non-hydrogen) atoms. The average Bonchev–Trinajstić information content (AvgIpc) is 2.93. The first kappa shape index (κ1) is 14.1. The number of ether oxygens (including phenoxy) is 1. The fourth-order valence-corrected chi connectivity index (χ4v) is 2.22. The van der Waals surface area contributed by atoms with Gasteiger partial charge in [0.15, 0.2) is 5.82 Å². The molecule has 112 valence electrons. The van der Waals surface area contributed by atoms with Crippen LogP contribution in [0.3, 0.4) is 0 Å². The summed E-state index contributed by atoms with van der Waals surface area (Å²) in [6.45, 7) is 2.01. The minimum Gasteiger partial charge on any atom is -0.468 e. The molecule has 0 spiro atoms. The van der Waals surface area contributed by atoms with Gasteiger partial charge in [-0.1, -0.05) is 30.3 Å². The van der Waals surface area contributed by atoms with E-state index in [4.69, 9.17) is 0 Å². The molecule has 2 aromatic heterocycles. The second-order valence-electron chi connectivity index (χ2n) is 4.91. The molecule has 0 fully saturated rings. The summed E-state index contributed by atoms with van der Waals surface area (Å²) in [6.07, 6.45) is 0. The maximum atomic E-state index is 11.3. The second-order valence-corrected chi connectivity index (χ2v) is 4.91. The van der Waals surface area contributed by atoms with E-state index in [0.717, 1.165) is 22.3 Å². The van der Waals surface area contributed by atoms with E-state index in [1.54, 1.807) is 0 Å². The van der Waals surface area contributed by atoms with Gasteiger partial charge in [-0.3, -0.25) is 4.79 Å². The van der Waals surface area contributed by atoms with E-state index < -0.39 is 0 Å². The average molecular weight is 296 g/mol. The van der Waals surface area contributed by atoms with Gasteiger partial charge in [0, 0.05) is 11.3 Å². The molecule has 0 radical (unpaired) electrons. The highest BCUT2D eigenvalue weighted by atomic mass is 16.5. The lowest BCUT2D eigenvalue weighted by Crippen LogP contribution is -2.16. The van der Waals surface area contributed by atoms with E-state index >= 15 is 0 Å². The second kappa shape index (κ2) is 5.85. The zero-order valence-electron chi connectivity index (χ0n) is 12.4. The smallest absolute Gasteiger partial charge is 0.325 e. The van der Waals surface area contributed by atoms with Crippen LogP contribution in [-0.4, -0.2) is 34.6 Å². The van der Waals surface area contributed by atoms with Gasteiger partial charge < -0.3 is 15.0 Å². The van der Waals surface area contributed by atoms with Crippen LogP contribution in [0.25, 0.3) is 22.4 Å². The number of nitrogens with one attached hydrogen (secondary N) is 2. The van der Waals surface area contributed by atoms with Gasteiger partial charge in [-0.15, -0.1) is 0 Å². The van der Waals surface area contributed by atoms with Gasteiger partial charge >= 0.3 is 5.97 Å². The van der Waals surface area contributed by atoms with Crippen molar-refractivity contribution in [3.05, 3.63) is 42.1 Å². The van der Waals surface area contributed by atoms with Gasteiger partial charge in [0.25, 0.3) is 0 Å². The van der Waals surface area contributed by atoms with Gasteiger partial charge in [-0.25, -0.2) is 9.97 Å². The minimum atomic E-state index is -0.347. The van der Waals surface area contributed by atoms with Gasteiger partial charge in [0.1, 0.15) is 18.0 Å². The van der Waals surface area contributed by atoms with Crippen LogP contribution in [-0.2, 0) is 9.53 Å². The van der Waals surface area contributed by atoms with E-state index in [-0.39, 0.29) is 12.5 Å². The number of methoxy groups -OCH3 is 1. The molecule has 1 aromatic carbocycles. The topological polar surface area (TPSA) is 79.9 Å². The Labute approximate surface area is 127 Å². The predicted octanol–water partition coefficient (Wildman–Crippen LogP) is 2.52. The molecule has 0 bridgehead atoms. The standard InChI is InChI=1S/C16H16N4O2/c1-10-8-12-15(17-9-13(21)22-2)19-14(20-16(12)18-10)11-6-4-3-5-7-11/h3-8H,9H2,1-2H3,(H2,17,18,19,20). The summed E-state index contributed by atoms with van der Waals surface area (Å²) in [4.78, 5) is 23.6. The van der Waals surface area contributed by atoms with Gasteiger partial charge in [0.05, 0.1) is 12.5 Å². The lowest BCUT2D eigenvalue weighted by Gasteiger charge is -2.08. The number of hydrogen-bond donors (Lipinski definition) is 2. The number of aryl methyl sites for hydroxylation is 1. The summed E-state index contributed by atoms with van der Waals surface area (Å²) in [5.74, 6) is 0.862. The Kier molecular flexibility index (Phi) is 3.74. The number of carbonyl (C=O) groups excluding carboxylic acids is 1. The van der Waals surface area contributed by atoms with Crippen LogP contribution in [0.15, 0.2) is 36.4 Å². The zero-order chi connectivity index (χ0) is 15.5. The number of nitrogens with zero attached hydrogens (tertiary/aromatic N) is 2. The lowest BCUT2D eigenvalue weighted by molar-refractivity contribution is -0.138. The number of aromatic nitrogens is 3. The van der Waals surface area contributed by atoms with Crippen molar-refractivity contribution in [2.24, 2.45) is 0 Å². The molecule has 0 aliphatic heterocycles. The Hall–Kier alpha value is -2.89. The van der Waals surface area contributed by atoms with E-state index in [1.807, 2.05) is 43.3 Å². The van der Waals surface area contributed by atoms with Crippen molar-refractivity contribution in [3.8, 4) is 11.4 Å². The fourth-order valence-electron chi connectivity index (χ4n) is 2.22. The molecule has 2 N–H and O–H groups in total. The number of aromatic amines is 1. The van der Waals surface area contributed by atoms with Crippen molar-refractivity contribution in [1.29, 1.82) is 0 Å². The SMILES string of the molecule is COC(=O)CNc1nc(-c2ccccc2)nc2[nH]c(C)cc12. The largest absolute Gasteiger partial charge is 0.468 e. The maximum absolute atomic E-state index is 11.3. The highest BCUT2D eigenvalue weighted by Gasteiger charge is 2.12. The van der Waals surface area contributed by atoms with Crippen LogP contribution >= 0.6 is 0 Å². The number of rotatable bonds is 4. The summed E-state index contributed by atoms with van der Waals surface area (Å²) in [6, 6.07) is 11.7. The quantitative estimate of drug-likeness (QED) is 0.723. The van der Waals surface area contributed by atoms with Gasteiger partial charge in [0.2, 0.25) is 0 Å². The van der Waals surface area contributed by atoms with E-state index in [0.29, 0.717) is 11.6 Å². The number of benzene rings is 1. The molecule has 3 rings (SSSR count). The van der Waals surface area contributed by atoms with E-state index in [1.165, 1.54) is 7.11 Å². The summed E-state index contributed by atoms with van der Waals surface area (Å²) < 4.78 is 4.65. The number of H-pyrrole nitrogens is 1. The number of hydrogen-bond acceptors (Lipinski definition) is 5. The van der Waals surface area contributed by atoms with Crippen LogP contribution in [0, 0.1) is 6.92 Å².